The normalized spacial score (nSPS) is 19.8. The third-order valence-corrected chi connectivity index (χ3v) is 4.80. The molecule has 0 spiro atoms. The van der Waals surface area contributed by atoms with E-state index in [1.165, 1.54) is 4.90 Å². The molecule has 3 rings (SSSR count). The van der Waals surface area contributed by atoms with E-state index in [9.17, 15) is 9.59 Å². The number of hydrogen-bond donors (Lipinski definition) is 1. The molecule has 2 amide bonds. The van der Waals surface area contributed by atoms with Crippen molar-refractivity contribution >= 4 is 12.0 Å². The Morgan fingerprint density at radius 2 is 1.79 bits per heavy atom. The van der Waals surface area contributed by atoms with Crippen LogP contribution in [-0.4, -0.2) is 35.0 Å². The zero-order chi connectivity index (χ0) is 20.9. The zero-order valence-electron chi connectivity index (χ0n) is 17.4. The van der Waals surface area contributed by atoms with Crippen LogP contribution < -0.4 is 5.32 Å². The molecule has 1 aliphatic rings. The van der Waals surface area contributed by atoms with Crippen molar-refractivity contribution in [3.63, 3.8) is 0 Å². The number of rotatable bonds is 4. The summed E-state index contributed by atoms with van der Waals surface area (Å²) in [5.41, 5.74) is 1.26. The second-order valence-corrected chi connectivity index (χ2v) is 7.86. The SMILES string of the molecule is [2H]CC(C)(C)NC(=O)[C@@H]1[C@@H](c2ccccc2)CCN1C(=O)OCc1ccccc1. The van der Waals surface area contributed by atoms with E-state index >= 15 is 0 Å². The van der Waals surface area contributed by atoms with Crippen molar-refractivity contribution in [1.82, 2.24) is 10.2 Å². The molecule has 5 nitrogen and oxygen atoms in total. The van der Waals surface area contributed by atoms with Gasteiger partial charge in [-0.3, -0.25) is 9.69 Å². The first kappa shape index (κ1) is 18.5. The summed E-state index contributed by atoms with van der Waals surface area (Å²) in [6.07, 6.45) is 0.195. The van der Waals surface area contributed by atoms with Crippen LogP contribution in [0.4, 0.5) is 4.79 Å². The van der Waals surface area contributed by atoms with Gasteiger partial charge in [0.15, 0.2) is 0 Å². The number of ether oxygens (including phenoxy) is 1. The van der Waals surface area contributed by atoms with E-state index in [4.69, 9.17) is 6.11 Å². The third-order valence-electron chi connectivity index (χ3n) is 4.80. The zero-order valence-corrected chi connectivity index (χ0v) is 16.4. The van der Waals surface area contributed by atoms with E-state index in [1.54, 1.807) is 0 Å². The van der Waals surface area contributed by atoms with Crippen LogP contribution in [0.1, 0.15) is 45.6 Å². The second kappa shape index (κ2) is 8.46. The van der Waals surface area contributed by atoms with Gasteiger partial charge in [-0.1, -0.05) is 60.7 Å². The fourth-order valence-corrected chi connectivity index (χ4v) is 3.58. The van der Waals surface area contributed by atoms with Gasteiger partial charge in [0.2, 0.25) is 5.91 Å². The second-order valence-electron chi connectivity index (χ2n) is 7.86. The van der Waals surface area contributed by atoms with Crippen LogP contribution in [0.15, 0.2) is 60.7 Å². The van der Waals surface area contributed by atoms with Gasteiger partial charge in [0.25, 0.3) is 0 Å². The first-order chi connectivity index (χ1) is 13.9. The lowest BCUT2D eigenvalue weighted by Crippen LogP contribution is -2.53. The smallest absolute Gasteiger partial charge is 0.410 e. The average Bonchev–Trinajstić information content (AvgIpc) is 3.18. The molecule has 0 bridgehead atoms. The lowest BCUT2D eigenvalue weighted by Gasteiger charge is -2.30. The summed E-state index contributed by atoms with van der Waals surface area (Å²) in [5, 5.41) is 2.93. The number of hydrogen-bond acceptors (Lipinski definition) is 3. The molecule has 1 N–H and O–H groups in total. The molecular formula is C23H28N2O3. The minimum Gasteiger partial charge on any atom is -0.445 e. The minimum absolute atomic E-state index is 0.0555. The lowest BCUT2D eigenvalue weighted by atomic mass is 9.90. The number of carbonyl (C=O) groups is 2. The van der Waals surface area contributed by atoms with Gasteiger partial charge >= 0.3 is 6.09 Å². The van der Waals surface area contributed by atoms with Gasteiger partial charge < -0.3 is 10.1 Å². The highest BCUT2D eigenvalue weighted by atomic mass is 16.6. The molecule has 0 saturated carbocycles. The molecule has 1 saturated heterocycles. The Balaban J connectivity index is 1.78. The quantitative estimate of drug-likeness (QED) is 0.868. The maximum absolute atomic E-state index is 13.1. The first-order valence-electron chi connectivity index (χ1n) is 10.3. The van der Waals surface area contributed by atoms with Gasteiger partial charge in [0, 0.05) is 19.4 Å². The van der Waals surface area contributed by atoms with Crippen molar-refractivity contribution in [2.45, 2.75) is 51.3 Å². The van der Waals surface area contributed by atoms with Crippen molar-refractivity contribution in [2.75, 3.05) is 6.54 Å². The predicted molar refractivity (Wildman–Crippen MR) is 109 cm³/mol. The molecule has 1 aliphatic heterocycles. The van der Waals surface area contributed by atoms with Gasteiger partial charge in [0.1, 0.15) is 12.6 Å². The number of carbonyl (C=O) groups excluding carboxylic acids is 2. The third kappa shape index (κ3) is 4.91. The van der Waals surface area contributed by atoms with Crippen molar-refractivity contribution in [1.29, 1.82) is 0 Å². The van der Waals surface area contributed by atoms with Crippen LogP contribution in [0.3, 0.4) is 0 Å². The summed E-state index contributed by atoms with van der Waals surface area (Å²) in [5.74, 6) is -0.354. The lowest BCUT2D eigenvalue weighted by molar-refractivity contribution is -0.127. The van der Waals surface area contributed by atoms with Crippen LogP contribution in [0, 0.1) is 0 Å². The molecule has 148 valence electrons. The number of likely N-dealkylation sites (tertiary alicyclic amines) is 1. The summed E-state index contributed by atoms with van der Waals surface area (Å²) in [6.45, 7) is 4.29. The summed E-state index contributed by atoms with van der Waals surface area (Å²) >= 11 is 0. The molecule has 2 aromatic rings. The summed E-state index contributed by atoms with van der Waals surface area (Å²) < 4.78 is 13.2. The molecule has 2 atom stereocenters. The van der Waals surface area contributed by atoms with Crippen molar-refractivity contribution in [2.24, 2.45) is 0 Å². The summed E-state index contributed by atoms with van der Waals surface area (Å²) in [6, 6.07) is 18.6. The maximum Gasteiger partial charge on any atom is 0.410 e. The van der Waals surface area contributed by atoms with Gasteiger partial charge in [0.05, 0.1) is 0 Å². The molecule has 0 radical (unpaired) electrons. The fraction of sp³-hybridized carbons (Fsp3) is 0.391. The molecule has 5 heteroatoms. The van der Waals surface area contributed by atoms with Gasteiger partial charge in [-0.15, -0.1) is 0 Å². The van der Waals surface area contributed by atoms with E-state index in [1.807, 2.05) is 74.5 Å². The molecule has 1 heterocycles. The van der Waals surface area contributed by atoms with E-state index in [0.29, 0.717) is 13.0 Å². The Kier molecular flexibility index (Phi) is 5.60. The maximum atomic E-state index is 13.1. The van der Waals surface area contributed by atoms with Crippen molar-refractivity contribution in [3.8, 4) is 0 Å². The highest BCUT2D eigenvalue weighted by Gasteiger charge is 2.44. The van der Waals surface area contributed by atoms with Crippen molar-refractivity contribution in [3.05, 3.63) is 71.8 Å². The average molecular weight is 381 g/mol. The molecular weight excluding hydrogens is 352 g/mol. The fourth-order valence-electron chi connectivity index (χ4n) is 3.58. The van der Waals surface area contributed by atoms with Gasteiger partial charge in [-0.25, -0.2) is 4.79 Å². The van der Waals surface area contributed by atoms with Crippen LogP contribution in [0.2, 0.25) is 0 Å². The van der Waals surface area contributed by atoms with Crippen molar-refractivity contribution < 1.29 is 15.7 Å². The van der Waals surface area contributed by atoms with E-state index in [0.717, 1.165) is 11.1 Å². The van der Waals surface area contributed by atoms with Crippen LogP contribution in [-0.2, 0) is 16.1 Å². The highest BCUT2D eigenvalue weighted by molar-refractivity contribution is 5.88. The van der Waals surface area contributed by atoms with E-state index in [2.05, 4.69) is 5.32 Å². The Labute approximate surface area is 168 Å². The Morgan fingerprint density at radius 1 is 1.14 bits per heavy atom. The number of nitrogens with one attached hydrogen (secondary N) is 1. The topological polar surface area (TPSA) is 58.6 Å². The van der Waals surface area contributed by atoms with Crippen LogP contribution in [0.25, 0.3) is 0 Å². The number of amides is 2. The largest absolute Gasteiger partial charge is 0.445 e. The standard InChI is InChI=1S/C23H28N2O3/c1-23(2,3)24-21(26)20-19(18-12-8-5-9-13-18)14-15-25(20)22(27)28-16-17-10-6-4-7-11-17/h4-13,19-20H,14-16H2,1-3H3,(H,24,26)/t19-,20+/m1/s1/i1D. The molecule has 0 aromatic heterocycles. The van der Waals surface area contributed by atoms with Gasteiger partial charge in [-0.2, -0.15) is 0 Å². The molecule has 0 unspecified atom stereocenters. The van der Waals surface area contributed by atoms with Crippen LogP contribution in [0.5, 0.6) is 0 Å². The summed E-state index contributed by atoms with van der Waals surface area (Å²) in [7, 11) is 0. The molecule has 28 heavy (non-hydrogen) atoms. The predicted octanol–water partition coefficient (Wildman–Crippen LogP) is 4.10. The molecule has 2 aromatic carbocycles. The van der Waals surface area contributed by atoms with Gasteiger partial charge in [-0.05, 0) is 38.3 Å². The van der Waals surface area contributed by atoms with E-state index in [-0.39, 0.29) is 25.3 Å². The highest BCUT2D eigenvalue weighted by Crippen LogP contribution is 2.34. The summed E-state index contributed by atoms with van der Waals surface area (Å²) in [4.78, 5) is 27.5. The monoisotopic (exact) mass is 381 g/mol. The van der Waals surface area contributed by atoms with Crippen LogP contribution >= 0.6 is 0 Å². The van der Waals surface area contributed by atoms with E-state index < -0.39 is 17.7 Å². The number of benzene rings is 2. The number of nitrogens with zero attached hydrogens (tertiary/aromatic N) is 1. The molecule has 0 aliphatic carbocycles. The Hall–Kier alpha value is -2.82. The molecule has 1 fully saturated rings. The minimum atomic E-state index is -0.666. The Morgan fingerprint density at radius 3 is 2.43 bits per heavy atom. The first-order valence-corrected chi connectivity index (χ1v) is 9.55. The Bertz CT molecular complexity index is 827.